The van der Waals surface area contributed by atoms with Gasteiger partial charge in [0.25, 0.3) is 11.6 Å². The van der Waals surface area contributed by atoms with Crippen LogP contribution in [0.15, 0.2) is 95.8 Å². The summed E-state index contributed by atoms with van der Waals surface area (Å²) >= 11 is 0. The van der Waals surface area contributed by atoms with E-state index in [1.165, 1.54) is 24.3 Å². The van der Waals surface area contributed by atoms with E-state index in [1.54, 1.807) is 17.7 Å². The molecule has 0 atom stereocenters. The number of nitro groups is 1. The Bertz CT molecular complexity index is 1650. The number of nitrogens with zero attached hydrogens (tertiary/aromatic N) is 2. The molecule has 0 aliphatic carbocycles. The highest BCUT2D eigenvalue weighted by Crippen LogP contribution is 2.33. The summed E-state index contributed by atoms with van der Waals surface area (Å²) in [7, 11) is 1.79. The molecule has 4 aromatic carbocycles. The second-order valence-electron chi connectivity index (χ2n) is 7.91. The van der Waals surface area contributed by atoms with E-state index in [1.807, 2.05) is 60.7 Å². The van der Waals surface area contributed by atoms with Crippen molar-refractivity contribution in [1.29, 1.82) is 0 Å². The summed E-state index contributed by atoms with van der Waals surface area (Å²) in [5.74, 6) is -0.120. The first kappa shape index (κ1) is 21.1. The van der Waals surface area contributed by atoms with Gasteiger partial charge in [-0.2, -0.15) is 0 Å². The number of amides is 1. The molecule has 5 aromatic rings. The summed E-state index contributed by atoms with van der Waals surface area (Å²) < 4.78 is 1.79. The number of hydrogen-bond donors (Lipinski definition) is 1. The van der Waals surface area contributed by atoms with Gasteiger partial charge in [0.05, 0.1) is 16.0 Å². The van der Waals surface area contributed by atoms with Gasteiger partial charge in [0.1, 0.15) is 5.82 Å². The van der Waals surface area contributed by atoms with Crippen LogP contribution in [0.4, 0.5) is 11.5 Å². The van der Waals surface area contributed by atoms with Gasteiger partial charge in [-0.1, -0.05) is 54.6 Å². The number of pyridine rings is 1. The molecule has 0 unspecified atom stereocenters. The quantitative estimate of drug-likeness (QED) is 0.289. The zero-order valence-corrected chi connectivity index (χ0v) is 18.2. The molecule has 0 spiro atoms. The third-order valence-corrected chi connectivity index (χ3v) is 5.94. The molecule has 1 N–H and O–H groups in total. The molecule has 0 bridgehead atoms. The summed E-state index contributed by atoms with van der Waals surface area (Å²) in [6.45, 7) is 0. The SMILES string of the molecule is Cn1c(NC(=O)c2ccc([N+](=O)[O-])cc2)c(-c2cccc3ccccc23)c(=O)c2ccccc21. The Morgan fingerprint density at radius 1 is 0.853 bits per heavy atom. The Hall–Kier alpha value is -4.78. The molecule has 166 valence electrons. The minimum atomic E-state index is -0.520. The first-order chi connectivity index (χ1) is 16.5. The zero-order valence-electron chi connectivity index (χ0n) is 18.2. The Balaban J connectivity index is 1.74. The lowest BCUT2D eigenvalue weighted by molar-refractivity contribution is -0.384. The van der Waals surface area contributed by atoms with Crippen LogP contribution in [0.25, 0.3) is 32.8 Å². The van der Waals surface area contributed by atoms with Crippen molar-refractivity contribution in [2.24, 2.45) is 7.05 Å². The molecular weight excluding hydrogens is 430 g/mol. The molecule has 0 saturated carbocycles. The van der Waals surface area contributed by atoms with Gasteiger partial charge in [0.2, 0.25) is 0 Å². The fourth-order valence-corrected chi connectivity index (χ4v) is 4.24. The number of aryl methyl sites for hydroxylation is 1. The van der Waals surface area contributed by atoms with Crippen LogP contribution >= 0.6 is 0 Å². The normalized spacial score (nSPS) is 11.0. The monoisotopic (exact) mass is 449 g/mol. The molecule has 0 aliphatic rings. The van der Waals surface area contributed by atoms with Crippen LogP contribution in [-0.4, -0.2) is 15.4 Å². The van der Waals surface area contributed by atoms with Crippen molar-refractivity contribution in [2.75, 3.05) is 5.32 Å². The predicted octanol–water partition coefficient (Wildman–Crippen LogP) is 5.52. The highest BCUT2D eigenvalue weighted by molar-refractivity contribution is 6.09. The van der Waals surface area contributed by atoms with Crippen molar-refractivity contribution in [3.05, 3.63) is 117 Å². The third-order valence-electron chi connectivity index (χ3n) is 5.94. The van der Waals surface area contributed by atoms with Crippen LogP contribution in [0.3, 0.4) is 0 Å². The fourth-order valence-electron chi connectivity index (χ4n) is 4.24. The van der Waals surface area contributed by atoms with Gasteiger partial charge in [-0.3, -0.25) is 19.7 Å². The van der Waals surface area contributed by atoms with Gasteiger partial charge in [-0.15, -0.1) is 0 Å². The van der Waals surface area contributed by atoms with Gasteiger partial charge >= 0.3 is 0 Å². The molecule has 1 amide bonds. The van der Waals surface area contributed by atoms with E-state index in [4.69, 9.17) is 0 Å². The number of non-ortho nitro benzene ring substituents is 1. The molecule has 34 heavy (non-hydrogen) atoms. The van der Waals surface area contributed by atoms with Crippen LogP contribution in [0.2, 0.25) is 0 Å². The molecule has 5 rings (SSSR count). The second kappa shape index (κ2) is 8.29. The van der Waals surface area contributed by atoms with E-state index in [2.05, 4.69) is 5.32 Å². The van der Waals surface area contributed by atoms with Crippen molar-refractivity contribution >= 4 is 39.1 Å². The van der Waals surface area contributed by atoms with E-state index in [9.17, 15) is 19.7 Å². The number of benzene rings is 4. The Labute approximate surface area is 194 Å². The smallest absolute Gasteiger partial charge is 0.269 e. The molecule has 7 heteroatoms. The summed E-state index contributed by atoms with van der Waals surface area (Å²) in [4.78, 5) is 37.3. The first-order valence-electron chi connectivity index (χ1n) is 10.6. The number of aromatic nitrogens is 1. The molecule has 0 saturated heterocycles. The van der Waals surface area contributed by atoms with Gasteiger partial charge in [-0.05, 0) is 40.6 Å². The minimum Gasteiger partial charge on any atom is -0.330 e. The Kier molecular flexibility index (Phi) is 5.14. The number of para-hydroxylation sites is 1. The number of fused-ring (bicyclic) bond motifs is 2. The molecule has 0 radical (unpaired) electrons. The average Bonchev–Trinajstić information content (AvgIpc) is 2.87. The van der Waals surface area contributed by atoms with Gasteiger partial charge in [0, 0.05) is 30.1 Å². The van der Waals surface area contributed by atoms with Crippen molar-refractivity contribution in [3.8, 4) is 11.1 Å². The largest absolute Gasteiger partial charge is 0.330 e. The van der Waals surface area contributed by atoms with Crippen LogP contribution in [-0.2, 0) is 7.05 Å². The average molecular weight is 449 g/mol. The second-order valence-corrected chi connectivity index (χ2v) is 7.91. The Morgan fingerprint density at radius 3 is 2.24 bits per heavy atom. The minimum absolute atomic E-state index is 0.105. The number of nitro benzene ring substituents is 1. The van der Waals surface area contributed by atoms with Crippen molar-refractivity contribution in [3.63, 3.8) is 0 Å². The number of nitrogens with one attached hydrogen (secondary N) is 1. The van der Waals surface area contributed by atoms with E-state index >= 15 is 0 Å². The van der Waals surface area contributed by atoms with Crippen molar-refractivity contribution < 1.29 is 9.72 Å². The maximum atomic E-state index is 13.7. The molecule has 1 heterocycles. The Morgan fingerprint density at radius 2 is 1.50 bits per heavy atom. The van der Waals surface area contributed by atoms with Gasteiger partial charge < -0.3 is 9.88 Å². The molecule has 1 aromatic heterocycles. The zero-order chi connectivity index (χ0) is 23.8. The summed E-state index contributed by atoms with van der Waals surface area (Å²) in [6, 6.07) is 26.1. The lowest BCUT2D eigenvalue weighted by Crippen LogP contribution is -2.21. The van der Waals surface area contributed by atoms with Gasteiger partial charge in [0.15, 0.2) is 5.43 Å². The molecule has 0 aliphatic heterocycles. The molecular formula is C27H19N3O4. The first-order valence-corrected chi connectivity index (χ1v) is 10.6. The van der Waals surface area contributed by atoms with E-state index in [0.29, 0.717) is 27.8 Å². The van der Waals surface area contributed by atoms with Crippen LogP contribution < -0.4 is 10.7 Å². The lowest BCUT2D eigenvalue weighted by Gasteiger charge is -2.19. The fraction of sp³-hybridized carbons (Fsp3) is 0.0370. The summed E-state index contributed by atoms with van der Waals surface area (Å²) in [5.41, 5.74) is 1.72. The van der Waals surface area contributed by atoms with Crippen molar-refractivity contribution in [1.82, 2.24) is 4.57 Å². The predicted molar refractivity (Wildman–Crippen MR) is 133 cm³/mol. The number of anilines is 1. The number of rotatable bonds is 4. The number of hydrogen-bond acceptors (Lipinski definition) is 4. The summed E-state index contributed by atoms with van der Waals surface area (Å²) in [5, 5.41) is 16.3. The molecule has 0 fully saturated rings. The third kappa shape index (κ3) is 3.49. The maximum absolute atomic E-state index is 13.7. The highest BCUT2D eigenvalue weighted by atomic mass is 16.6. The highest BCUT2D eigenvalue weighted by Gasteiger charge is 2.21. The van der Waals surface area contributed by atoms with E-state index in [0.717, 1.165) is 10.8 Å². The topological polar surface area (TPSA) is 94.2 Å². The number of carbonyl (C=O) groups excluding carboxylic acids is 1. The van der Waals surface area contributed by atoms with Crippen molar-refractivity contribution in [2.45, 2.75) is 0 Å². The van der Waals surface area contributed by atoms with Crippen LogP contribution in [0, 0.1) is 10.1 Å². The van der Waals surface area contributed by atoms with Crippen LogP contribution in [0.5, 0.6) is 0 Å². The molecule has 7 nitrogen and oxygen atoms in total. The lowest BCUT2D eigenvalue weighted by atomic mass is 9.96. The maximum Gasteiger partial charge on any atom is 0.269 e. The summed E-state index contributed by atoms with van der Waals surface area (Å²) in [6.07, 6.45) is 0. The standard InChI is InChI=1S/C27H19N3O4/c1-29-23-12-5-4-10-22(23)25(31)24(21-11-6-8-17-7-2-3-9-20(17)21)26(29)28-27(32)18-13-15-19(16-14-18)30(33)34/h2-16H,1H3,(H,28,32). The van der Waals surface area contributed by atoms with E-state index in [-0.39, 0.29) is 16.7 Å². The van der Waals surface area contributed by atoms with Crippen LogP contribution in [0.1, 0.15) is 10.4 Å². The number of carbonyl (C=O) groups is 1. The van der Waals surface area contributed by atoms with E-state index < -0.39 is 10.8 Å². The van der Waals surface area contributed by atoms with Gasteiger partial charge in [-0.25, -0.2) is 0 Å².